The molecular formula is C44H52N4O8. The molecule has 0 saturated heterocycles. The minimum Gasteiger partial charge on any atom is -0.496 e. The molecule has 12 heteroatoms. The van der Waals surface area contributed by atoms with Gasteiger partial charge >= 0.3 is 5.97 Å². The quantitative estimate of drug-likeness (QED) is 0.105. The molecule has 0 spiro atoms. The van der Waals surface area contributed by atoms with E-state index in [9.17, 15) is 24.0 Å². The van der Waals surface area contributed by atoms with Crippen molar-refractivity contribution in [2.45, 2.75) is 89.9 Å². The van der Waals surface area contributed by atoms with E-state index in [1.54, 1.807) is 14.2 Å². The molecule has 4 bridgehead atoms. The summed E-state index contributed by atoms with van der Waals surface area (Å²) in [5, 5.41) is 14.7. The Balaban J connectivity index is 1.73. The van der Waals surface area contributed by atoms with Crippen LogP contribution in [-0.2, 0) is 41.6 Å². The maximum atomic E-state index is 14.0. The summed E-state index contributed by atoms with van der Waals surface area (Å²) in [4.78, 5) is 66.8. The number of carbonyl (C=O) groups is 5. The second kappa shape index (κ2) is 19.1. The minimum atomic E-state index is -1.10. The second-order valence-electron chi connectivity index (χ2n) is 14.1. The summed E-state index contributed by atoms with van der Waals surface area (Å²) in [5.41, 5.74) is 3.05. The summed E-state index contributed by atoms with van der Waals surface area (Å²) in [6.45, 7) is 4.86. The first-order valence-electron chi connectivity index (χ1n) is 19.1. The maximum absolute atomic E-state index is 14.0. The van der Waals surface area contributed by atoms with Gasteiger partial charge in [0, 0.05) is 24.5 Å². The van der Waals surface area contributed by atoms with E-state index >= 15 is 0 Å². The number of benzene rings is 4. The predicted octanol–water partition coefficient (Wildman–Crippen LogP) is 5.45. The van der Waals surface area contributed by atoms with Crippen LogP contribution >= 0.6 is 0 Å². The average molecular weight is 765 g/mol. The van der Waals surface area contributed by atoms with Crippen LogP contribution in [-0.4, -0.2) is 75.1 Å². The van der Waals surface area contributed by atoms with Crippen LogP contribution in [0.4, 0.5) is 0 Å². The van der Waals surface area contributed by atoms with Gasteiger partial charge in [0.2, 0.25) is 23.6 Å². The fourth-order valence-electron chi connectivity index (χ4n) is 7.33. The molecule has 4 aromatic carbocycles. The molecule has 0 aliphatic carbocycles. The number of nitrogens with one attached hydrogen (secondary N) is 4. The monoisotopic (exact) mass is 764 g/mol. The minimum absolute atomic E-state index is 0.0282. The van der Waals surface area contributed by atoms with Crippen molar-refractivity contribution in [1.82, 2.24) is 21.3 Å². The summed E-state index contributed by atoms with van der Waals surface area (Å²) < 4.78 is 17.5. The number of rotatable bonds is 8. The average Bonchev–Trinajstić information content (AvgIpc) is 3.19. The number of hydrogen-bond donors (Lipinski definition) is 4. The zero-order chi connectivity index (χ0) is 40.4. The van der Waals surface area contributed by atoms with E-state index < -0.39 is 53.8 Å². The standard InChI is InChI=1S/C44H52N4O8/c1-7-8-9-21-34-42(51)48-35(44(53)56-6)22-15-12-18-30-23-28-16-10-13-19-32(28)37(39(30)54-4)38-33-20-14-11-17-29(33)24-31(40(38)55-5)25-36(46-27(3)49)43(52)45-26(2)41(50)47-34/h10-17,19-20,23-24,26,34-36H,7-9,18,21-22,25H2,1-6H3,(H,45,52)(H,46,49)(H,47,50)(H,48,51)/t26-,34-,35?,36?/m0/s1. The van der Waals surface area contributed by atoms with Gasteiger partial charge in [-0.3, -0.25) is 19.2 Å². The first kappa shape index (κ1) is 41.3. The van der Waals surface area contributed by atoms with Crippen LogP contribution in [0.3, 0.4) is 0 Å². The van der Waals surface area contributed by atoms with Crippen LogP contribution in [0.2, 0.25) is 0 Å². The first-order valence-corrected chi connectivity index (χ1v) is 19.1. The molecule has 0 fully saturated rings. The summed E-state index contributed by atoms with van der Waals surface area (Å²) in [5.74, 6) is -1.69. The molecule has 1 aliphatic heterocycles. The third-order valence-electron chi connectivity index (χ3n) is 10.1. The largest absolute Gasteiger partial charge is 0.496 e. The second-order valence-corrected chi connectivity index (χ2v) is 14.1. The van der Waals surface area contributed by atoms with Gasteiger partial charge in [-0.25, -0.2) is 4.79 Å². The lowest BCUT2D eigenvalue weighted by atomic mass is 9.87. The Labute approximate surface area is 327 Å². The number of carbonyl (C=O) groups excluding carboxylic acids is 5. The Morgan fingerprint density at radius 1 is 0.768 bits per heavy atom. The topological polar surface area (TPSA) is 161 Å². The van der Waals surface area contributed by atoms with Crippen LogP contribution in [0, 0.1) is 0 Å². The molecule has 4 N–H and O–H groups in total. The van der Waals surface area contributed by atoms with Gasteiger partial charge in [0.1, 0.15) is 35.7 Å². The summed E-state index contributed by atoms with van der Waals surface area (Å²) >= 11 is 0. The molecule has 0 saturated carbocycles. The number of allylic oxidation sites excluding steroid dienone is 1. The number of esters is 1. The summed E-state index contributed by atoms with van der Waals surface area (Å²) in [7, 11) is 4.45. The van der Waals surface area contributed by atoms with Crippen molar-refractivity contribution in [1.29, 1.82) is 0 Å². The van der Waals surface area contributed by atoms with Gasteiger partial charge in [0.25, 0.3) is 0 Å². The lowest BCUT2D eigenvalue weighted by molar-refractivity contribution is -0.145. The molecule has 5 rings (SSSR count). The summed E-state index contributed by atoms with van der Waals surface area (Å²) in [6, 6.07) is 15.7. The van der Waals surface area contributed by atoms with Crippen LogP contribution in [0.1, 0.15) is 64.0 Å². The van der Waals surface area contributed by atoms with E-state index in [-0.39, 0.29) is 12.8 Å². The molecule has 1 heterocycles. The van der Waals surface area contributed by atoms with E-state index in [2.05, 4.69) is 27.3 Å². The van der Waals surface area contributed by atoms with Gasteiger partial charge in [-0.05, 0) is 71.0 Å². The number of methoxy groups -OCH3 is 3. The van der Waals surface area contributed by atoms with Crippen molar-refractivity contribution in [3.05, 3.63) is 83.9 Å². The van der Waals surface area contributed by atoms with Crippen molar-refractivity contribution in [2.24, 2.45) is 0 Å². The highest BCUT2D eigenvalue weighted by atomic mass is 16.5. The fraction of sp³-hybridized carbons (Fsp3) is 0.386. The lowest BCUT2D eigenvalue weighted by Crippen LogP contribution is -2.57. The molecule has 0 aromatic heterocycles. The van der Waals surface area contributed by atoms with Gasteiger partial charge in [-0.1, -0.05) is 86.9 Å². The van der Waals surface area contributed by atoms with Gasteiger partial charge < -0.3 is 35.5 Å². The van der Waals surface area contributed by atoms with E-state index in [4.69, 9.17) is 14.2 Å². The zero-order valence-electron chi connectivity index (χ0n) is 33.0. The Morgan fingerprint density at radius 2 is 1.38 bits per heavy atom. The highest BCUT2D eigenvalue weighted by Gasteiger charge is 2.31. The number of fused-ring (bicyclic) bond motifs is 9. The van der Waals surface area contributed by atoms with Gasteiger partial charge in [0.05, 0.1) is 21.3 Å². The van der Waals surface area contributed by atoms with E-state index in [0.29, 0.717) is 36.3 Å². The SMILES string of the molecule is CCCCC[C@@H]1NC(=O)[C@H](C)NC(=O)C(NC(C)=O)Cc2cc3ccccc3c(c2OC)-c2c(OC)c(cc3ccccc23)CC=CCC(C(=O)OC)NC1=O. The van der Waals surface area contributed by atoms with E-state index in [1.165, 1.54) is 21.0 Å². The Hall–Kier alpha value is -5.91. The van der Waals surface area contributed by atoms with E-state index in [0.717, 1.165) is 51.1 Å². The smallest absolute Gasteiger partial charge is 0.328 e. The van der Waals surface area contributed by atoms with E-state index in [1.807, 2.05) is 73.7 Å². The Kier molecular flexibility index (Phi) is 14.1. The van der Waals surface area contributed by atoms with Crippen molar-refractivity contribution in [3.8, 4) is 22.6 Å². The molecule has 0 radical (unpaired) electrons. The van der Waals surface area contributed by atoms with Crippen LogP contribution in [0.5, 0.6) is 11.5 Å². The number of amides is 4. The predicted molar refractivity (Wildman–Crippen MR) is 216 cm³/mol. The highest BCUT2D eigenvalue weighted by molar-refractivity contribution is 6.11. The Bertz CT molecular complexity index is 2130. The Morgan fingerprint density at radius 3 is 1.96 bits per heavy atom. The van der Waals surface area contributed by atoms with Crippen molar-refractivity contribution < 1.29 is 38.2 Å². The van der Waals surface area contributed by atoms with Crippen molar-refractivity contribution >= 4 is 51.1 Å². The lowest BCUT2D eigenvalue weighted by Gasteiger charge is -2.25. The van der Waals surface area contributed by atoms with Crippen LogP contribution in [0.25, 0.3) is 32.7 Å². The molecule has 12 nitrogen and oxygen atoms in total. The first-order chi connectivity index (χ1) is 27.0. The zero-order valence-corrected chi connectivity index (χ0v) is 33.0. The molecular weight excluding hydrogens is 713 g/mol. The van der Waals surface area contributed by atoms with Crippen molar-refractivity contribution in [2.75, 3.05) is 21.3 Å². The molecule has 4 amide bonds. The molecule has 56 heavy (non-hydrogen) atoms. The van der Waals surface area contributed by atoms with Gasteiger partial charge in [-0.15, -0.1) is 0 Å². The molecule has 4 atom stereocenters. The van der Waals surface area contributed by atoms with Gasteiger partial charge in [-0.2, -0.15) is 0 Å². The van der Waals surface area contributed by atoms with Crippen LogP contribution < -0.4 is 30.7 Å². The number of hydrogen-bond acceptors (Lipinski definition) is 8. The molecule has 296 valence electrons. The third-order valence-corrected chi connectivity index (χ3v) is 10.1. The molecule has 4 aromatic rings. The molecule has 2 unspecified atom stereocenters. The highest BCUT2D eigenvalue weighted by Crippen LogP contribution is 2.48. The van der Waals surface area contributed by atoms with Crippen LogP contribution in [0.15, 0.2) is 72.8 Å². The maximum Gasteiger partial charge on any atom is 0.328 e. The normalized spacial score (nSPS) is 19.6. The molecule has 1 aliphatic rings. The van der Waals surface area contributed by atoms with Gasteiger partial charge in [0.15, 0.2) is 0 Å². The fourth-order valence-corrected chi connectivity index (χ4v) is 7.33. The number of unbranched alkanes of at least 4 members (excludes halogenated alkanes) is 2. The summed E-state index contributed by atoms with van der Waals surface area (Å²) in [6.07, 6.45) is 7.00. The number of ether oxygens (including phenoxy) is 3. The van der Waals surface area contributed by atoms with Crippen molar-refractivity contribution in [3.63, 3.8) is 0 Å². The third kappa shape index (κ3) is 9.47.